The number of thioether (sulfide) groups is 1. The van der Waals surface area contributed by atoms with Gasteiger partial charge in [0.2, 0.25) is 0 Å². The fraction of sp³-hybridized carbons (Fsp3) is 0.267. The summed E-state index contributed by atoms with van der Waals surface area (Å²) in [4.78, 5) is 15.8. The van der Waals surface area contributed by atoms with Crippen molar-refractivity contribution in [1.82, 2.24) is 15.0 Å². The lowest BCUT2D eigenvalue weighted by atomic mass is 10.0. The van der Waals surface area contributed by atoms with Crippen LogP contribution in [0.15, 0.2) is 23.4 Å². The molecule has 0 spiro atoms. The molecule has 4 nitrogen and oxygen atoms in total. The smallest absolute Gasteiger partial charge is 0.296 e. The minimum atomic E-state index is 0.858. The van der Waals surface area contributed by atoms with Crippen molar-refractivity contribution in [3.05, 3.63) is 35.2 Å². The molecule has 0 aliphatic heterocycles. The van der Waals surface area contributed by atoms with Crippen LogP contribution in [0.25, 0.3) is 22.4 Å². The molecule has 0 bridgehead atoms. The first-order chi connectivity index (χ1) is 9.58. The maximum atomic E-state index is 4.73. The van der Waals surface area contributed by atoms with Gasteiger partial charge < -0.3 is 4.98 Å². The van der Waals surface area contributed by atoms with E-state index in [0.717, 1.165) is 33.4 Å². The van der Waals surface area contributed by atoms with Crippen molar-refractivity contribution < 1.29 is 4.98 Å². The Hall–Kier alpha value is -1.88. The van der Waals surface area contributed by atoms with Gasteiger partial charge in [-0.15, -0.1) is 0 Å². The molecule has 3 aromatic rings. The molecule has 0 amide bonds. The second kappa shape index (κ2) is 4.90. The van der Waals surface area contributed by atoms with Crippen molar-refractivity contribution in [3.8, 4) is 11.3 Å². The van der Waals surface area contributed by atoms with Gasteiger partial charge in [0.25, 0.3) is 10.8 Å². The van der Waals surface area contributed by atoms with Crippen LogP contribution in [0.5, 0.6) is 0 Å². The van der Waals surface area contributed by atoms with Crippen LogP contribution >= 0.6 is 11.8 Å². The molecule has 3 rings (SSSR count). The normalized spacial score (nSPS) is 11.2. The number of nitrogens with one attached hydrogen (secondary N) is 2. The van der Waals surface area contributed by atoms with E-state index in [1.54, 1.807) is 11.8 Å². The van der Waals surface area contributed by atoms with Gasteiger partial charge in [-0.25, -0.2) is 4.98 Å². The minimum Gasteiger partial charge on any atom is -0.322 e. The number of H-pyrrole nitrogens is 2. The van der Waals surface area contributed by atoms with Crippen molar-refractivity contribution in [2.45, 2.75) is 25.9 Å². The van der Waals surface area contributed by atoms with E-state index in [1.807, 2.05) is 13.2 Å². The maximum absolute atomic E-state index is 4.73. The number of rotatable bonds is 2. The van der Waals surface area contributed by atoms with E-state index in [4.69, 9.17) is 4.98 Å². The number of aryl methyl sites for hydroxylation is 3. The Kier molecular flexibility index (Phi) is 3.22. The van der Waals surface area contributed by atoms with Crippen LogP contribution in [0, 0.1) is 20.8 Å². The lowest BCUT2D eigenvalue weighted by Gasteiger charge is -2.04. The molecule has 0 saturated carbocycles. The zero-order valence-corrected chi connectivity index (χ0v) is 12.9. The van der Waals surface area contributed by atoms with Gasteiger partial charge in [-0.3, -0.25) is 0 Å². The van der Waals surface area contributed by atoms with E-state index >= 15 is 0 Å². The van der Waals surface area contributed by atoms with Crippen LogP contribution in [-0.4, -0.2) is 21.2 Å². The lowest BCUT2D eigenvalue weighted by molar-refractivity contribution is -0.404. The fourth-order valence-corrected chi connectivity index (χ4v) is 2.79. The van der Waals surface area contributed by atoms with Gasteiger partial charge in [0.1, 0.15) is 0 Å². The highest BCUT2D eigenvalue weighted by atomic mass is 32.2. The Bertz CT molecular complexity index is 792. The molecule has 0 fully saturated rings. The third-order valence-electron chi connectivity index (χ3n) is 3.33. The Balaban J connectivity index is 2.33. The van der Waals surface area contributed by atoms with Crippen LogP contribution in [0.1, 0.15) is 17.0 Å². The Morgan fingerprint density at radius 2 is 1.95 bits per heavy atom. The predicted octanol–water partition coefficient (Wildman–Crippen LogP) is 3.09. The third-order valence-corrected chi connectivity index (χ3v) is 3.91. The summed E-state index contributed by atoms with van der Waals surface area (Å²) in [5.41, 5.74) is 6.42. The zero-order valence-electron chi connectivity index (χ0n) is 12.0. The number of hydrogen-bond donors (Lipinski definition) is 1. The van der Waals surface area contributed by atoms with Crippen LogP contribution in [0.4, 0.5) is 0 Å². The molecule has 0 atom stereocenters. The number of imidazole rings is 1. The maximum Gasteiger partial charge on any atom is 0.296 e. The van der Waals surface area contributed by atoms with Crippen molar-refractivity contribution in [2.24, 2.45) is 0 Å². The average molecular weight is 285 g/mol. The molecular weight excluding hydrogens is 268 g/mol. The van der Waals surface area contributed by atoms with E-state index in [0.29, 0.717) is 0 Å². The quantitative estimate of drug-likeness (QED) is 0.581. The van der Waals surface area contributed by atoms with Crippen LogP contribution < -0.4 is 4.98 Å². The third kappa shape index (κ3) is 2.18. The Labute approximate surface area is 122 Å². The predicted molar refractivity (Wildman–Crippen MR) is 81.9 cm³/mol. The van der Waals surface area contributed by atoms with Crippen molar-refractivity contribution in [1.29, 1.82) is 0 Å². The Morgan fingerprint density at radius 1 is 1.15 bits per heavy atom. The highest BCUT2D eigenvalue weighted by Gasteiger charge is 2.20. The summed E-state index contributed by atoms with van der Waals surface area (Å²) in [5, 5.41) is 0.874. The molecule has 0 aliphatic carbocycles. The largest absolute Gasteiger partial charge is 0.322 e. The van der Waals surface area contributed by atoms with Crippen molar-refractivity contribution in [2.75, 3.05) is 6.26 Å². The number of benzene rings is 1. The summed E-state index contributed by atoms with van der Waals surface area (Å²) < 4.78 is 0. The molecular formula is C15H17N4S+. The van der Waals surface area contributed by atoms with Gasteiger partial charge in [0.05, 0.1) is 0 Å². The first-order valence-corrected chi connectivity index (χ1v) is 7.72. The minimum absolute atomic E-state index is 0.858. The summed E-state index contributed by atoms with van der Waals surface area (Å²) in [5.74, 6) is 0.891. The molecule has 20 heavy (non-hydrogen) atoms. The van der Waals surface area contributed by atoms with Gasteiger partial charge in [-0.1, -0.05) is 45.5 Å². The first kappa shape index (κ1) is 13.1. The molecule has 102 valence electrons. The molecule has 2 N–H and O–H groups in total. The molecule has 2 aromatic heterocycles. The van der Waals surface area contributed by atoms with E-state index in [1.165, 1.54) is 11.1 Å². The summed E-state index contributed by atoms with van der Waals surface area (Å²) in [6, 6.07) is 6.43. The monoisotopic (exact) mass is 285 g/mol. The molecule has 0 unspecified atom stereocenters. The average Bonchev–Trinajstić information content (AvgIpc) is 2.78. The van der Waals surface area contributed by atoms with Gasteiger partial charge in [0.15, 0.2) is 17.0 Å². The van der Waals surface area contributed by atoms with Crippen LogP contribution in [-0.2, 0) is 0 Å². The molecule has 0 radical (unpaired) electrons. The molecule has 5 heteroatoms. The molecule has 0 aliphatic rings. The van der Waals surface area contributed by atoms with E-state index in [-0.39, 0.29) is 0 Å². The van der Waals surface area contributed by atoms with Crippen LogP contribution in [0.3, 0.4) is 0 Å². The van der Waals surface area contributed by atoms with Crippen LogP contribution in [0.2, 0.25) is 0 Å². The highest BCUT2D eigenvalue weighted by Crippen LogP contribution is 2.28. The van der Waals surface area contributed by atoms with Crippen molar-refractivity contribution in [3.63, 3.8) is 0 Å². The van der Waals surface area contributed by atoms with E-state index in [9.17, 15) is 0 Å². The Morgan fingerprint density at radius 3 is 2.65 bits per heavy atom. The van der Waals surface area contributed by atoms with Gasteiger partial charge >= 0.3 is 0 Å². The fourth-order valence-electron chi connectivity index (χ4n) is 2.41. The standard InChI is InChI=1S/C15H16N4S/c1-8-5-6-11(9(2)7-8)12-13-14(17-10(3)16-13)19-15(18-12)20-4/h5-7H,1-4H3,(H,16,17,18,19)/p+1. The zero-order chi connectivity index (χ0) is 14.3. The first-order valence-electron chi connectivity index (χ1n) is 6.49. The highest BCUT2D eigenvalue weighted by molar-refractivity contribution is 7.98. The number of aromatic nitrogens is 4. The van der Waals surface area contributed by atoms with Gasteiger partial charge in [-0.05, 0) is 25.7 Å². The number of fused-ring (bicyclic) bond motifs is 1. The van der Waals surface area contributed by atoms with Crippen molar-refractivity contribution >= 4 is 22.9 Å². The lowest BCUT2D eigenvalue weighted by Crippen LogP contribution is -2.11. The van der Waals surface area contributed by atoms with E-state index in [2.05, 4.69) is 47.0 Å². The number of aromatic amines is 2. The second-order valence-electron chi connectivity index (χ2n) is 4.96. The topological polar surface area (TPSA) is 55.7 Å². The summed E-state index contributed by atoms with van der Waals surface area (Å²) in [6.07, 6.45) is 2.01. The summed E-state index contributed by atoms with van der Waals surface area (Å²) in [6.45, 7) is 6.18. The van der Waals surface area contributed by atoms with E-state index < -0.39 is 0 Å². The molecule has 0 saturated heterocycles. The molecule has 2 heterocycles. The number of nitrogens with zero attached hydrogens (tertiary/aromatic N) is 2. The summed E-state index contributed by atoms with van der Waals surface area (Å²) >= 11 is 1.59. The number of hydrogen-bond acceptors (Lipinski definition) is 3. The van der Waals surface area contributed by atoms with Gasteiger partial charge in [-0.2, -0.15) is 0 Å². The van der Waals surface area contributed by atoms with Gasteiger partial charge in [0, 0.05) is 12.5 Å². The summed E-state index contributed by atoms with van der Waals surface area (Å²) in [7, 11) is 0. The molecule has 1 aromatic carbocycles. The SMILES string of the molecule is CSc1nc(-c2ccc(C)cc2C)c2[nH]c(C)nc2[nH+]1. The second-order valence-corrected chi connectivity index (χ2v) is 5.75.